The monoisotopic (exact) mass is 319 g/mol. The molecule has 122 valence electrons. The number of pyridine rings is 1. The first-order valence-electron chi connectivity index (χ1n) is 8.13. The van der Waals surface area contributed by atoms with Gasteiger partial charge in [-0.25, -0.2) is 4.98 Å². The number of anilines is 3. The molecule has 1 atom stereocenters. The summed E-state index contributed by atoms with van der Waals surface area (Å²) in [4.78, 5) is 13.6. The van der Waals surface area contributed by atoms with Crippen molar-refractivity contribution in [2.45, 2.75) is 26.3 Å². The molecule has 2 aromatic heterocycles. The highest BCUT2D eigenvalue weighted by molar-refractivity contribution is 5.65. The molecule has 0 unspecified atom stereocenters. The van der Waals surface area contributed by atoms with Crippen molar-refractivity contribution in [1.82, 2.24) is 15.0 Å². The van der Waals surface area contributed by atoms with E-state index >= 15 is 0 Å². The van der Waals surface area contributed by atoms with E-state index in [1.54, 1.807) is 6.20 Å². The predicted molar refractivity (Wildman–Crippen MR) is 98.4 cm³/mol. The average molecular weight is 319 g/mol. The van der Waals surface area contributed by atoms with Gasteiger partial charge in [0.2, 0.25) is 5.95 Å². The smallest absolute Gasteiger partial charge is 0.225 e. The van der Waals surface area contributed by atoms with Gasteiger partial charge in [-0.05, 0) is 37.6 Å². The fraction of sp³-hybridized carbons (Fsp3) is 0.211. The Kier molecular flexibility index (Phi) is 5.01. The first-order valence-corrected chi connectivity index (χ1v) is 8.13. The summed E-state index contributed by atoms with van der Waals surface area (Å²) in [6.07, 6.45) is 2.77. The van der Waals surface area contributed by atoms with E-state index in [1.807, 2.05) is 54.6 Å². The minimum atomic E-state index is 0.300. The van der Waals surface area contributed by atoms with Crippen LogP contribution in [0, 0.1) is 0 Å². The first kappa shape index (κ1) is 15.9. The Hall–Kier alpha value is -2.95. The number of benzene rings is 1. The molecule has 0 saturated carbocycles. The Labute approximate surface area is 142 Å². The van der Waals surface area contributed by atoms with Crippen molar-refractivity contribution in [3.63, 3.8) is 0 Å². The molecule has 2 heterocycles. The van der Waals surface area contributed by atoms with Gasteiger partial charge in [0.1, 0.15) is 5.82 Å². The van der Waals surface area contributed by atoms with Crippen LogP contribution in [0.5, 0.6) is 0 Å². The van der Waals surface area contributed by atoms with Crippen molar-refractivity contribution in [2.24, 2.45) is 0 Å². The number of rotatable bonds is 6. The second kappa shape index (κ2) is 7.55. The molecule has 0 aliphatic rings. The number of para-hydroxylation sites is 1. The third-order valence-corrected chi connectivity index (χ3v) is 3.69. The molecule has 0 bridgehead atoms. The molecule has 24 heavy (non-hydrogen) atoms. The standard InChI is InChI=1S/C19H21N5/c1-3-14(2)21-19-23-17(16-11-7-8-12-20-16)13-18(24-19)22-15-9-5-4-6-10-15/h4-14H,3H2,1-2H3,(H2,21,22,23,24)/t14-/m0/s1. The highest BCUT2D eigenvalue weighted by atomic mass is 15.2. The lowest BCUT2D eigenvalue weighted by Crippen LogP contribution is -2.16. The highest BCUT2D eigenvalue weighted by Gasteiger charge is 2.09. The molecule has 2 N–H and O–H groups in total. The van der Waals surface area contributed by atoms with Crippen LogP contribution in [0.3, 0.4) is 0 Å². The number of aromatic nitrogens is 3. The summed E-state index contributed by atoms with van der Waals surface area (Å²) in [5, 5.41) is 6.66. The van der Waals surface area contributed by atoms with Gasteiger partial charge in [0.25, 0.3) is 0 Å². The van der Waals surface area contributed by atoms with E-state index < -0.39 is 0 Å². The topological polar surface area (TPSA) is 62.7 Å². The molecule has 3 rings (SSSR count). The molecule has 5 nitrogen and oxygen atoms in total. The lowest BCUT2D eigenvalue weighted by atomic mass is 10.2. The van der Waals surface area contributed by atoms with E-state index in [-0.39, 0.29) is 0 Å². The molecule has 0 aliphatic heterocycles. The summed E-state index contributed by atoms with van der Waals surface area (Å²) in [5.41, 5.74) is 2.59. The summed E-state index contributed by atoms with van der Waals surface area (Å²) < 4.78 is 0. The Morgan fingerprint density at radius 1 is 0.958 bits per heavy atom. The van der Waals surface area contributed by atoms with Crippen LogP contribution in [-0.4, -0.2) is 21.0 Å². The van der Waals surface area contributed by atoms with E-state index in [2.05, 4.69) is 39.4 Å². The summed E-state index contributed by atoms with van der Waals surface area (Å²) >= 11 is 0. The van der Waals surface area contributed by atoms with Crippen LogP contribution in [0.2, 0.25) is 0 Å². The van der Waals surface area contributed by atoms with Gasteiger partial charge in [-0.1, -0.05) is 31.2 Å². The lowest BCUT2D eigenvalue weighted by Gasteiger charge is -2.14. The number of hydrogen-bond donors (Lipinski definition) is 2. The maximum atomic E-state index is 4.61. The lowest BCUT2D eigenvalue weighted by molar-refractivity contribution is 0.753. The SMILES string of the molecule is CC[C@H](C)Nc1nc(Nc2ccccc2)cc(-c2ccccn2)n1. The Balaban J connectivity index is 1.96. The van der Waals surface area contributed by atoms with Crippen LogP contribution in [0.1, 0.15) is 20.3 Å². The van der Waals surface area contributed by atoms with Crippen LogP contribution in [0.15, 0.2) is 60.8 Å². The molecule has 0 amide bonds. The molecule has 0 spiro atoms. The minimum absolute atomic E-state index is 0.300. The van der Waals surface area contributed by atoms with Gasteiger partial charge >= 0.3 is 0 Å². The third-order valence-electron chi connectivity index (χ3n) is 3.69. The Morgan fingerprint density at radius 2 is 1.75 bits per heavy atom. The molecule has 5 heteroatoms. The Bertz CT molecular complexity index is 774. The second-order valence-corrected chi connectivity index (χ2v) is 5.62. The maximum absolute atomic E-state index is 4.61. The summed E-state index contributed by atoms with van der Waals surface area (Å²) in [5.74, 6) is 1.34. The molecule has 0 saturated heterocycles. The molecule has 1 aromatic carbocycles. The molecular weight excluding hydrogens is 298 g/mol. The zero-order valence-corrected chi connectivity index (χ0v) is 13.9. The predicted octanol–water partition coefficient (Wildman–Crippen LogP) is 4.49. The summed E-state index contributed by atoms with van der Waals surface area (Å²) in [6.45, 7) is 4.24. The van der Waals surface area contributed by atoms with E-state index in [1.165, 1.54) is 0 Å². The van der Waals surface area contributed by atoms with Gasteiger partial charge in [0, 0.05) is 24.0 Å². The third kappa shape index (κ3) is 4.07. The van der Waals surface area contributed by atoms with E-state index in [9.17, 15) is 0 Å². The van der Waals surface area contributed by atoms with E-state index in [0.717, 1.165) is 29.3 Å². The normalized spacial score (nSPS) is 11.8. The Morgan fingerprint density at radius 3 is 2.46 bits per heavy atom. The number of nitrogens with zero attached hydrogens (tertiary/aromatic N) is 3. The fourth-order valence-corrected chi connectivity index (χ4v) is 2.21. The van der Waals surface area contributed by atoms with Crippen LogP contribution in [0.4, 0.5) is 17.5 Å². The zero-order chi connectivity index (χ0) is 16.8. The molecule has 0 aliphatic carbocycles. The van der Waals surface area contributed by atoms with E-state index in [0.29, 0.717) is 12.0 Å². The molecular formula is C19H21N5. The summed E-state index contributed by atoms with van der Waals surface area (Å²) in [6, 6.07) is 18.0. The zero-order valence-electron chi connectivity index (χ0n) is 13.9. The van der Waals surface area contributed by atoms with Crippen molar-refractivity contribution in [3.8, 4) is 11.4 Å². The van der Waals surface area contributed by atoms with Crippen molar-refractivity contribution in [1.29, 1.82) is 0 Å². The van der Waals surface area contributed by atoms with Crippen molar-refractivity contribution >= 4 is 17.5 Å². The fourth-order valence-electron chi connectivity index (χ4n) is 2.21. The van der Waals surface area contributed by atoms with Crippen LogP contribution < -0.4 is 10.6 Å². The van der Waals surface area contributed by atoms with Gasteiger partial charge in [0.15, 0.2) is 0 Å². The highest BCUT2D eigenvalue weighted by Crippen LogP contribution is 2.22. The molecule has 0 fully saturated rings. The average Bonchev–Trinajstić information content (AvgIpc) is 2.63. The van der Waals surface area contributed by atoms with Crippen LogP contribution >= 0.6 is 0 Å². The second-order valence-electron chi connectivity index (χ2n) is 5.62. The van der Waals surface area contributed by atoms with Gasteiger partial charge in [-0.3, -0.25) is 4.98 Å². The largest absolute Gasteiger partial charge is 0.352 e. The van der Waals surface area contributed by atoms with Gasteiger partial charge < -0.3 is 10.6 Å². The van der Waals surface area contributed by atoms with Gasteiger partial charge in [-0.15, -0.1) is 0 Å². The van der Waals surface area contributed by atoms with Crippen molar-refractivity contribution < 1.29 is 0 Å². The van der Waals surface area contributed by atoms with E-state index in [4.69, 9.17) is 0 Å². The van der Waals surface area contributed by atoms with Crippen LogP contribution in [0.25, 0.3) is 11.4 Å². The van der Waals surface area contributed by atoms with Gasteiger partial charge in [-0.2, -0.15) is 4.98 Å². The van der Waals surface area contributed by atoms with Crippen molar-refractivity contribution in [2.75, 3.05) is 10.6 Å². The van der Waals surface area contributed by atoms with Crippen molar-refractivity contribution in [3.05, 3.63) is 60.8 Å². The summed E-state index contributed by atoms with van der Waals surface area (Å²) in [7, 11) is 0. The minimum Gasteiger partial charge on any atom is -0.352 e. The molecule has 3 aromatic rings. The molecule has 0 radical (unpaired) electrons. The van der Waals surface area contributed by atoms with Gasteiger partial charge in [0.05, 0.1) is 11.4 Å². The first-order chi connectivity index (χ1) is 11.7. The number of hydrogen-bond acceptors (Lipinski definition) is 5. The maximum Gasteiger partial charge on any atom is 0.225 e. The van der Waals surface area contributed by atoms with Crippen LogP contribution in [-0.2, 0) is 0 Å². The number of nitrogens with one attached hydrogen (secondary N) is 2. The quantitative estimate of drug-likeness (QED) is 0.701.